The number of amides is 1. The fraction of sp³-hybridized carbons (Fsp3) is 0.133. The lowest BCUT2D eigenvalue weighted by atomic mass is 10.2. The lowest BCUT2D eigenvalue weighted by Crippen LogP contribution is -2.25. The van der Waals surface area contributed by atoms with Crippen molar-refractivity contribution < 1.29 is 13.9 Å². The van der Waals surface area contributed by atoms with Gasteiger partial charge in [0, 0.05) is 24.0 Å². The molecule has 1 aromatic heterocycles. The Kier molecular flexibility index (Phi) is 4.98. The molecule has 0 fully saturated rings. The van der Waals surface area contributed by atoms with E-state index in [9.17, 15) is 9.18 Å². The molecule has 0 aliphatic heterocycles. The van der Waals surface area contributed by atoms with E-state index in [0.717, 1.165) is 5.56 Å². The first-order valence-electron chi connectivity index (χ1n) is 6.27. The van der Waals surface area contributed by atoms with Gasteiger partial charge in [-0.05, 0) is 31.2 Å². The van der Waals surface area contributed by atoms with Gasteiger partial charge in [-0.1, -0.05) is 6.07 Å². The van der Waals surface area contributed by atoms with Crippen LogP contribution in [0.25, 0.3) is 0 Å². The molecule has 0 unspecified atom stereocenters. The second-order valence-electron chi connectivity index (χ2n) is 4.21. The maximum Gasteiger partial charge on any atom is 0.277 e. The maximum atomic E-state index is 12.9. The van der Waals surface area contributed by atoms with Crippen molar-refractivity contribution in [3.63, 3.8) is 0 Å². The summed E-state index contributed by atoms with van der Waals surface area (Å²) < 4.78 is 18.1. The van der Waals surface area contributed by atoms with Crippen LogP contribution in [0.5, 0.6) is 5.75 Å². The van der Waals surface area contributed by atoms with E-state index in [1.54, 1.807) is 37.5 Å². The molecule has 0 bridgehead atoms. The Morgan fingerprint density at radius 2 is 2.10 bits per heavy atom. The minimum absolute atomic E-state index is 0.240. The highest BCUT2D eigenvalue weighted by molar-refractivity contribution is 5.99. The molecule has 1 aromatic carbocycles. The Hall–Kier alpha value is -2.76. The number of halogens is 1. The van der Waals surface area contributed by atoms with Crippen LogP contribution < -0.4 is 10.2 Å². The SMILES string of the molecule is C/C(=N/NC(=O)COc1cccc(F)c1)c1ccncc1. The molecule has 1 N–H and O–H groups in total. The molecule has 2 rings (SSSR count). The summed E-state index contributed by atoms with van der Waals surface area (Å²) in [6.07, 6.45) is 3.28. The highest BCUT2D eigenvalue weighted by Crippen LogP contribution is 2.11. The van der Waals surface area contributed by atoms with Crippen molar-refractivity contribution >= 4 is 11.6 Å². The molecule has 0 atom stereocenters. The molecule has 108 valence electrons. The third-order valence-electron chi connectivity index (χ3n) is 2.61. The number of nitrogens with zero attached hydrogens (tertiary/aromatic N) is 2. The predicted molar refractivity (Wildman–Crippen MR) is 76.5 cm³/mol. The number of rotatable bonds is 5. The van der Waals surface area contributed by atoms with Gasteiger partial charge in [-0.3, -0.25) is 9.78 Å². The number of ether oxygens (including phenoxy) is 1. The quantitative estimate of drug-likeness (QED) is 0.677. The van der Waals surface area contributed by atoms with E-state index in [1.807, 2.05) is 0 Å². The second kappa shape index (κ2) is 7.14. The number of hydrazone groups is 1. The summed E-state index contributed by atoms with van der Waals surface area (Å²) in [6, 6.07) is 9.16. The summed E-state index contributed by atoms with van der Waals surface area (Å²) in [4.78, 5) is 15.5. The van der Waals surface area contributed by atoms with Gasteiger partial charge in [-0.15, -0.1) is 0 Å². The van der Waals surface area contributed by atoms with Gasteiger partial charge >= 0.3 is 0 Å². The Labute approximate surface area is 121 Å². The van der Waals surface area contributed by atoms with E-state index in [-0.39, 0.29) is 6.61 Å². The average molecular weight is 287 g/mol. The van der Waals surface area contributed by atoms with Crippen molar-refractivity contribution in [1.29, 1.82) is 0 Å². The van der Waals surface area contributed by atoms with Crippen LogP contribution in [0.1, 0.15) is 12.5 Å². The number of benzene rings is 1. The Morgan fingerprint density at radius 3 is 2.81 bits per heavy atom. The van der Waals surface area contributed by atoms with Crippen molar-refractivity contribution in [2.45, 2.75) is 6.92 Å². The number of hydrogen-bond acceptors (Lipinski definition) is 4. The molecule has 0 aliphatic rings. The first kappa shape index (κ1) is 14.6. The third-order valence-corrected chi connectivity index (χ3v) is 2.61. The normalized spacial score (nSPS) is 11.0. The minimum Gasteiger partial charge on any atom is -0.484 e. The smallest absolute Gasteiger partial charge is 0.277 e. The van der Waals surface area contributed by atoms with Gasteiger partial charge in [-0.25, -0.2) is 9.82 Å². The molecule has 0 saturated carbocycles. The summed E-state index contributed by atoms with van der Waals surface area (Å²) >= 11 is 0. The molecule has 6 heteroatoms. The molecule has 1 amide bonds. The van der Waals surface area contributed by atoms with E-state index in [4.69, 9.17) is 4.74 Å². The van der Waals surface area contributed by atoms with Crippen molar-refractivity contribution in [3.05, 3.63) is 60.2 Å². The summed E-state index contributed by atoms with van der Waals surface area (Å²) in [5, 5.41) is 3.96. The van der Waals surface area contributed by atoms with Crippen LogP contribution in [0.15, 0.2) is 53.9 Å². The number of carbonyl (C=O) groups excluding carboxylic acids is 1. The topological polar surface area (TPSA) is 63.6 Å². The fourth-order valence-electron chi connectivity index (χ4n) is 1.54. The van der Waals surface area contributed by atoms with Crippen LogP contribution in [0.4, 0.5) is 4.39 Å². The molecule has 2 aromatic rings. The van der Waals surface area contributed by atoms with Gasteiger partial charge in [-0.2, -0.15) is 5.10 Å². The van der Waals surface area contributed by atoms with Crippen LogP contribution >= 0.6 is 0 Å². The molecule has 5 nitrogen and oxygen atoms in total. The van der Waals surface area contributed by atoms with Crippen LogP contribution in [0.3, 0.4) is 0 Å². The average Bonchev–Trinajstić information content (AvgIpc) is 2.51. The van der Waals surface area contributed by atoms with Crippen LogP contribution in [0.2, 0.25) is 0 Å². The van der Waals surface area contributed by atoms with E-state index in [2.05, 4.69) is 15.5 Å². The highest BCUT2D eigenvalue weighted by Gasteiger charge is 2.03. The monoisotopic (exact) mass is 287 g/mol. The second-order valence-corrected chi connectivity index (χ2v) is 4.21. The molecule has 0 spiro atoms. The van der Waals surface area contributed by atoms with E-state index in [1.165, 1.54) is 18.2 Å². The highest BCUT2D eigenvalue weighted by atomic mass is 19.1. The van der Waals surface area contributed by atoms with Gasteiger partial charge in [0.1, 0.15) is 11.6 Å². The molecule has 0 saturated heterocycles. The molecular formula is C15H14FN3O2. The van der Waals surface area contributed by atoms with E-state index in [0.29, 0.717) is 11.5 Å². The van der Waals surface area contributed by atoms with Gasteiger partial charge in [0.2, 0.25) is 0 Å². The van der Waals surface area contributed by atoms with Crippen molar-refractivity contribution in [3.8, 4) is 5.75 Å². The number of nitrogens with one attached hydrogen (secondary N) is 1. The maximum absolute atomic E-state index is 12.9. The van der Waals surface area contributed by atoms with Gasteiger partial charge < -0.3 is 4.74 Å². The fourth-order valence-corrected chi connectivity index (χ4v) is 1.54. The third kappa shape index (κ3) is 4.68. The lowest BCUT2D eigenvalue weighted by molar-refractivity contribution is -0.123. The number of pyridine rings is 1. The first-order chi connectivity index (χ1) is 10.1. The van der Waals surface area contributed by atoms with Crippen molar-refractivity contribution in [2.75, 3.05) is 6.61 Å². The molecule has 1 heterocycles. The summed E-state index contributed by atoms with van der Waals surface area (Å²) in [6.45, 7) is 1.53. The lowest BCUT2D eigenvalue weighted by Gasteiger charge is -2.05. The zero-order chi connectivity index (χ0) is 15.1. The largest absolute Gasteiger partial charge is 0.484 e. The van der Waals surface area contributed by atoms with Gasteiger partial charge in [0.15, 0.2) is 6.61 Å². The van der Waals surface area contributed by atoms with Crippen molar-refractivity contribution in [2.24, 2.45) is 5.10 Å². The summed E-state index contributed by atoms with van der Waals surface area (Å²) in [5.41, 5.74) is 3.88. The van der Waals surface area contributed by atoms with E-state index >= 15 is 0 Å². The van der Waals surface area contributed by atoms with Crippen molar-refractivity contribution in [1.82, 2.24) is 10.4 Å². The molecule has 21 heavy (non-hydrogen) atoms. The van der Waals surface area contributed by atoms with Crippen LogP contribution in [-0.2, 0) is 4.79 Å². The first-order valence-corrected chi connectivity index (χ1v) is 6.27. The Bertz CT molecular complexity index is 644. The summed E-state index contributed by atoms with van der Waals surface area (Å²) in [5.74, 6) is -0.549. The van der Waals surface area contributed by atoms with E-state index < -0.39 is 11.7 Å². The molecule has 0 aliphatic carbocycles. The van der Waals surface area contributed by atoms with Gasteiger partial charge in [0.25, 0.3) is 5.91 Å². The number of aromatic nitrogens is 1. The zero-order valence-corrected chi connectivity index (χ0v) is 11.4. The number of hydrogen-bond donors (Lipinski definition) is 1. The predicted octanol–water partition coefficient (Wildman–Crippen LogP) is 2.14. The minimum atomic E-state index is -0.423. The van der Waals surface area contributed by atoms with Crippen LogP contribution in [-0.4, -0.2) is 23.2 Å². The molecule has 0 radical (unpaired) electrons. The number of carbonyl (C=O) groups is 1. The van der Waals surface area contributed by atoms with Gasteiger partial charge in [0.05, 0.1) is 5.71 Å². The zero-order valence-electron chi connectivity index (χ0n) is 11.4. The molecular weight excluding hydrogens is 273 g/mol. The Morgan fingerprint density at radius 1 is 1.33 bits per heavy atom. The summed E-state index contributed by atoms with van der Waals surface area (Å²) in [7, 11) is 0. The Balaban J connectivity index is 1.85. The standard InChI is InChI=1S/C15H14FN3O2/c1-11(12-5-7-17-8-6-12)18-19-15(20)10-21-14-4-2-3-13(16)9-14/h2-9H,10H2,1H3,(H,19,20)/b18-11-. The van der Waals surface area contributed by atoms with Crippen LogP contribution in [0, 0.1) is 5.82 Å².